The van der Waals surface area contributed by atoms with E-state index in [1.165, 1.54) is 30.5 Å². The Morgan fingerprint density at radius 3 is 2.48 bits per heavy atom. The van der Waals surface area contributed by atoms with Crippen LogP contribution in [0.15, 0.2) is 24.4 Å². The van der Waals surface area contributed by atoms with Crippen LogP contribution >= 0.6 is 23.2 Å². The zero-order chi connectivity index (χ0) is 22.4. The number of morpholine rings is 1. The molecule has 10 heteroatoms. The fourth-order valence-electron chi connectivity index (χ4n) is 3.95. The van der Waals surface area contributed by atoms with E-state index in [0.717, 1.165) is 45.0 Å². The zero-order valence-electron chi connectivity index (χ0n) is 17.0. The number of fused-ring (bicyclic) bond motifs is 1. The van der Waals surface area contributed by atoms with E-state index in [-0.39, 0.29) is 0 Å². The molecular formula is C21H25Cl2N3O5. The Hall–Kier alpha value is -2.13. The van der Waals surface area contributed by atoms with Crippen LogP contribution in [0.1, 0.15) is 36.4 Å². The number of rotatable bonds is 4. The molecule has 1 aromatic carbocycles. The van der Waals surface area contributed by atoms with Crippen molar-refractivity contribution in [1.29, 1.82) is 0 Å². The van der Waals surface area contributed by atoms with Crippen molar-refractivity contribution < 1.29 is 24.5 Å². The summed E-state index contributed by atoms with van der Waals surface area (Å²) in [4.78, 5) is 20.7. The number of hydrogen-bond donors (Lipinski definition) is 2. The minimum Gasteiger partial charge on any atom is -0.473 e. The quantitative estimate of drug-likeness (QED) is 0.660. The van der Waals surface area contributed by atoms with E-state index in [2.05, 4.69) is 16.2 Å². The van der Waals surface area contributed by atoms with Crippen molar-refractivity contribution in [2.75, 3.05) is 32.8 Å². The van der Waals surface area contributed by atoms with Gasteiger partial charge in [0.25, 0.3) is 0 Å². The van der Waals surface area contributed by atoms with Crippen LogP contribution in [0.25, 0.3) is 5.69 Å². The van der Waals surface area contributed by atoms with Crippen LogP contribution in [0, 0.1) is 0 Å². The summed E-state index contributed by atoms with van der Waals surface area (Å²) >= 11 is 12.2. The molecule has 2 aliphatic rings. The summed E-state index contributed by atoms with van der Waals surface area (Å²) in [6, 6.07) is 5.72. The largest absolute Gasteiger partial charge is 0.473 e. The summed E-state index contributed by atoms with van der Waals surface area (Å²) < 4.78 is 7.48. The number of carbonyl (C=O) groups is 2. The third kappa shape index (κ3) is 6.20. The van der Waals surface area contributed by atoms with E-state index < -0.39 is 11.9 Å². The molecule has 4 rings (SSSR count). The van der Waals surface area contributed by atoms with E-state index in [1.807, 2.05) is 22.9 Å². The second kappa shape index (κ2) is 10.9. The molecule has 31 heavy (non-hydrogen) atoms. The van der Waals surface area contributed by atoms with Crippen molar-refractivity contribution in [2.45, 2.75) is 31.6 Å². The van der Waals surface area contributed by atoms with Crippen LogP contribution < -0.4 is 0 Å². The molecule has 1 saturated heterocycles. The molecule has 0 spiro atoms. The lowest BCUT2D eigenvalue weighted by molar-refractivity contribution is -0.159. The van der Waals surface area contributed by atoms with E-state index >= 15 is 0 Å². The Kier molecular flexibility index (Phi) is 8.31. The van der Waals surface area contributed by atoms with Crippen molar-refractivity contribution in [2.24, 2.45) is 0 Å². The molecule has 0 radical (unpaired) electrons. The molecule has 1 aliphatic heterocycles. The molecule has 168 valence electrons. The van der Waals surface area contributed by atoms with Gasteiger partial charge >= 0.3 is 11.9 Å². The van der Waals surface area contributed by atoms with Gasteiger partial charge in [-0.2, -0.15) is 5.10 Å². The van der Waals surface area contributed by atoms with Crippen molar-refractivity contribution in [3.05, 3.63) is 45.7 Å². The molecule has 1 aliphatic carbocycles. The molecule has 8 nitrogen and oxygen atoms in total. The maximum Gasteiger partial charge on any atom is 0.414 e. The van der Waals surface area contributed by atoms with E-state index in [0.29, 0.717) is 16.0 Å². The highest BCUT2D eigenvalue weighted by Gasteiger charge is 2.25. The Labute approximate surface area is 190 Å². The second-order valence-corrected chi connectivity index (χ2v) is 8.31. The molecule has 1 aromatic heterocycles. The number of aromatic nitrogens is 2. The van der Waals surface area contributed by atoms with Crippen LogP contribution in [0.2, 0.25) is 10.0 Å². The average molecular weight is 470 g/mol. The molecule has 1 unspecified atom stereocenters. The van der Waals surface area contributed by atoms with Gasteiger partial charge in [-0.05, 0) is 61.9 Å². The molecule has 2 heterocycles. The molecule has 0 amide bonds. The van der Waals surface area contributed by atoms with Gasteiger partial charge in [0.15, 0.2) is 0 Å². The summed E-state index contributed by atoms with van der Waals surface area (Å²) in [5, 5.41) is 20.6. The maximum atomic E-state index is 9.10. The monoisotopic (exact) mass is 469 g/mol. The molecule has 2 aromatic rings. The molecule has 1 fully saturated rings. The lowest BCUT2D eigenvalue weighted by atomic mass is 9.84. The van der Waals surface area contributed by atoms with Gasteiger partial charge in [0.05, 0.1) is 35.1 Å². The standard InChI is InChI=1S/C19H23Cl2N3O.C2H2O4/c20-17-5-4-15(12-18(17)21)24-19-3-1-2-14(16(19)13-22-24)6-7-23-8-10-25-11-9-23;3-1(4)2(5)6/h4-5,12-14H,1-3,6-11H2;(H,3,4)(H,5,6). The second-order valence-electron chi connectivity index (χ2n) is 7.50. The number of halogens is 2. The van der Waals surface area contributed by atoms with Crippen LogP contribution in [-0.2, 0) is 20.7 Å². The normalized spacial score (nSPS) is 18.6. The van der Waals surface area contributed by atoms with Gasteiger partial charge in [-0.3, -0.25) is 4.90 Å². The van der Waals surface area contributed by atoms with Crippen LogP contribution in [0.4, 0.5) is 0 Å². The minimum atomic E-state index is -1.82. The summed E-state index contributed by atoms with van der Waals surface area (Å²) in [7, 11) is 0. The van der Waals surface area contributed by atoms with Gasteiger partial charge in [0.1, 0.15) is 0 Å². The Bertz CT molecular complexity index is 916. The van der Waals surface area contributed by atoms with Crippen molar-refractivity contribution >= 4 is 35.1 Å². The number of nitrogens with zero attached hydrogens (tertiary/aromatic N) is 3. The van der Waals surface area contributed by atoms with Crippen molar-refractivity contribution in [3.63, 3.8) is 0 Å². The van der Waals surface area contributed by atoms with E-state index in [4.69, 9.17) is 47.7 Å². The van der Waals surface area contributed by atoms with Crippen molar-refractivity contribution in [3.8, 4) is 5.69 Å². The Morgan fingerprint density at radius 1 is 1.13 bits per heavy atom. The SMILES string of the molecule is Clc1ccc(-n2ncc3c2CCCC3CCN2CCOCC2)cc1Cl.O=C(O)C(=O)O. The summed E-state index contributed by atoms with van der Waals surface area (Å²) in [5.41, 5.74) is 3.73. The van der Waals surface area contributed by atoms with Gasteiger partial charge < -0.3 is 14.9 Å². The van der Waals surface area contributed by atoms with Gasteiger partial charge in [-0.1, -0.05) is 23.2 Å². The first-order valence-electron chi connectivity index (χ1n) is 10.2. The lowest BCUT2D eigenvalue weighted by Crippen LogP contribution is -2.37. The van der Waals surface area contributed by atoms with Crippen molar-refractivity contribution in [1.82, 2.24) is 14.7 Å². The number of hydrogen-bond acceptors (Lipinski definition) is 5. The first kappa shape index (κ1) is 23.5. The summed E-state index contributed by atoms with van der Waals surface area (Å²) in [5.74, 6) is -3.05. The number of benzene rings is 1. The van der Waals surface area contributed by atoms with Gasteiger partial charge in [-0.15, -0.1) is 0 Å². The zero-order valence-corrected chi connectivity index (χ0v) is 18.5. The predicted molar refractivity (Wildman–Crippen MR) is 116 cm³/mol. The highest BCUT2D eigenvalue weighted by molar-refractivity contribution is 6.42. The van der Waals surface area contributed by atoms with E-state index in [1.54, 1.807) is 0 Å². The summed E-state index contributed by atoms with van der Waals surface area (Å²) in [6.07, 6.45) is 6.79. The fourth-order valence-corrected chi connectivity index (χ4v) is 4.24. The van der Waals surface area contributed by atoms with Crippen LogP contribution in [0.5, 0.6) is 0 Å². The minimum absolute atomic E-state index is 0.572. The van der Waals surface area contributed by atoms with Crippen LogP contribution in [0.3, 0.4) is 0 Å². The number of carboxylic acid groups (broad SMARTS) is 2. The van der Waals surface area contributed by atoms with Gasteiger partial charge in [0, 0.05) is 18.8 Å². The Morgan fingerprint density at radius 2 is 1.84 bits per heavy atom. The first-order valence-corrected chi connectivity index (χ1v) is 10.9. The maximum absolute atomic E-state index is 9.10. The molecule has 2 N–H and O–H groups in total. The average Bonchev–Trinajstić information content (AvgIpc) is 3.20. The van der Waals surface area contributed by atoms with Gasteiger partial charge in [-0.25, -0.2) is 14.3 Å². The highest BCUT2D eigenvalue weighted by atomic mass is 35.5. The smallest absolute Gasteiger partial charge is 0.414 e. The summed E-state index contributed by atoms with van der Waals surface area (Å²) in [6.45, 7) is 4.99. The third-order valence-electron chi connectivity index (χ3n) is 5.54. The van der Waals surface area contributed by atoms with E-state index in [9.17, 15) is 0 Å². The number of carboxylic acids is 2. The lowest BCUT2D eigenvalue weighted by Gasteiger charge is -2.29. The first-order chi connectivity index (χ1) is 14.9. The molecule has 0 bridgehead atoms. The number of ether oxygens (including phenoxy) is 1. The Balaban J connectivity index is 0.000000401. The third-order valence-corrected chi connectivity index (χ3v) is 6.27. The highest BCUT2D eigenvalue weighted by Crippen LogP contribution is 2.35. The predicted octanol–water partition coefficient (Wildman–Crippen LogP) is 3.48. The molecule has 0 saturated carbocycles. The molecule has 1 atom stereocenters. The topological polar surface area (TPSA) is 105 Å². The van der Waals surface area contributed by atoms with Gasteiger partial charge in [0.2, 0.25) is 0 Å². The number of aliphatic carboxylic acids is 2. The molecular weight excluding hydrogens is 445 g/mol. The fraction of sp³-hybridized carbons (Fsp3) is 0.476. The van der Waals surface area contributed by atoms with Crippen LogP contribution in [-0.4, -0.2) is 69.7 Å².